The second kappa shape index (κ2) is 20.9. The van der Waals surface area contributed by atoms with Crippen LogP contribution in [0.15, 0.2) is 24.3 Å². The van der Waals surface area contributed by atoms with Gasteiger partial charge in [-0.2, -0.15) is 8.42 Å². The minimum Gasteiger partial charge on any atom is -0.320 e. The average Bonchev–Trinajstić information content (AvgIpc) is 2.90. The molecule has 0 unspecified atom stereocenters. The molecule has 4 nitrogen and oxygen atoms in total. The highest BCUT2D eigenvalue weighted by Gasteiger charge is 2.44. The Hall–Kier alpha value is -0.910. The number of benzene rings is 1. The molecule has 38 heavy (non-hydrogen) atoms. The van der Waals surface area contributed by atoms with Crippen LogP contribution < -0.4 is 0 Å². The summed E-state index contributed by atoms with van der Waals surface area (Å²) in [6.07, 6.45) is 23.7. The van der Waals surface area contributed by atoms with Crippen LogP contribution in [-0.2, 0) is 22.1 Å². The normalized spacial score (nSPS) is 12.3. The summed E-state index contributed by atoms with van der Waals surface area (Å²) in [6, 6.07) is 9.23. The van der Waals surface area contributed by atoms with Crippen molar-refractivity contribution in [2.75, 3.05) is 26.4 Å². The summed E-state index contributed by atoms with van der Waals surface area (Å²) in [5.41, 5.74) is 3.38. The standard InChI is InChI=1S/C31H58N.C2H6O3S/c1-7-11-12-13-14-15-16-17-18-19-20-21-22-25-28-32(5,6)31(9-3,10-4)30-27-24-23-26-29(30)8-2;1-2-6(3,4)5/h23-24,26-27H,7-22,25,28H2,1-6H3;2H2,1H3,(H,3,4,5)/q+1;. The van der Waals surface area contributed by atoms with E-state index in [1.165, 1.54) is 116 Å². The van der Waals surface area contributed by atoms with Crippen LogP contribution in [0.25, 0.3) is 0 Å². The van der Waals surface area contributed by atoms with E-state index in [1.54, 1.807) is 11.1 Å². The fraction of sp³-hybridized carbons (Fsp3) is 0.818. The van der Waals surface area contributed by atoms with Crippen molar-refractivity contribution in [3.63, 3.8) is 0 Å². The molecule has 1 aromatic rings. The van der Waals surface area contributed by atoms with Gasteiger partial charge in [-0.15, -0.1) is 0 Å². The molecule has 0 aromatic heterocycles. The molecule has 0 saturated carbocycles. The molecule has 0 amide bonds. The summed E-state index contributed by atoms with van der Waals surface area (Å²) >= 11 is 0. The maximum Gasteiger partial charge on any atom is 0.264 e. The van der Waals surface area contributed by atoms with Crippen molar-refractivity contribution in [1.82, 2.24) is 0 Å². The molecular formula is C33H64NO3S+. The third kappa shape index (κ3) is 14.5. The minimum atomic E-state index is -3.66. The minimum absolute atomic E-state index is 0.201. The lowest BCUT2D eigenvalue weighted by Crippen LogP contribution is -2.57. The fourth-order valence-corrected chi connectivity index (χ4v) is 6.01. The zero-order chi connectivity index (χ0) is 28.9. The van der Waals surface area contributed by atoms with Gasteiger partial charge in [-0.1, -0.05) is 129 Å². The number of unbranched alkanes of at least 4 members (excludes halogenated alkanes) is 13. The Kier molecular flexibility index (Phi) is 20.4. The first-order valence-corrected chi connectivity index (χ1v) is 17.5. The third-order valence-electron chi connectivity index (χ3n) is 8.66. The van der Waals surface area contributed by atoms with Gasteiger partial charge >= 0.3 is 0 Å². The second-order valence-corrected chi connectivity index (χ2v) is 13.4. The largest absolute Gasteiger partial charge is 0.320 e. The van der Waals surface area contributed by atoms with Gasteiger partial charge in [-0.25, -0.2) is 0 Å². The Labute approximate surface area is 238 Å². The Morgan fingerprint density at radius 1 is 0.684 bits per heavy atom. The fourth-order valence-electron chi connectivity index (χ4n) is 6.01. The third-order valence-corrected chi connectivity index (χ3v) is 9.39. The van der Waals surface area contributed by atoms with Crippen molar-refractivity contribution in [2.45, 2.75) is 149 Å². The first kappa shape index (κ1) is 37.1. The summed E-state index contributed by atoms with van der Waals surface area (Å²) in [5.74, 6) is -0.201. The number of rotatable bonds is 21. The van der Waals surface area contributed by atoms with Crippen LogP contribution >= 0.6 is 0 Å². The predicted molar refractivity (Wildman–Crippen MR) is 167 cm³/mol. The van der Waals surface area contributed by atoms with Gasteiger partial charge in [-0.3, -0.25) is 4.55 Å². The van der Waals surface area contributed by atoms with Gasteiger partial charge in [-0.05, 0) is 31.7 Å². The summed E-state index contributed by atoms with van der Waals surface area (Å²) < 4.78 is 28.0. The van der Waals surface area contributed by atoms with Crippen molar-refractivity contribution in [3.8, 4) is 0 Å². The van der Waals surface area contributed by atoms with E-state index in [0.717, 1.165) is 10.9 Å². The monoisotopic (exact) mass is 554 g/mol. The summed E-state index contributed by atoms with van der Waals surface area (Å²) in [6.45, 7) is 12.1. The highest BCUT2D eigenvalue weighted by molar-refractivity contribution is 7.85. The molecule has 0 saturated heterocycles. The van der Waals surface area contributed by atoms with Crippen molar-refractivity contribution >= 4 is 10.1 Å². The summed E-state index contributed by atoms with van der Waals surface area (Å²) in [4.78, 5) is 0. The molecule has 0 fully saturated rings. The molecule has 0 aliphatic heterocycles. The van der Waals surface area contributed by atoms with E-state index in [4.69, 9.17) is 4.55 Å². The molecule has 0 radical (unpaired) electrons. The van der Waals surface area contributed by atoms with Crippen LogP contribution in [0.5, 0.6) is 0 Å². The zero-order valence-electron chi connectivity index (χ0n) is 26.4. The molecule has 0 spiro atoms. The quantitative estimate of drug-likeness (QED) is 0.0934. The predicted octanol–water partition coefficient (Wildman–Crippen LogP) is 9.72. The van der Waals surface area contributed by atoms with Crippen molar-refractivity contribution in [3.05, 3.63) is 35.4 Å². The summed E-state index contributed by atoms with van der Waals surface area (Å²) in [5, 5.41) is 0. The number of aryl methyl sites for hydroxylation is 1. The van der Waals surface area contributed by atoms with E-state index in [-0.39, 0.29) is 11.3 Å². The van der Waals surface area contributed by atoms with Crippen molar-refractivity contribution in [1.29, 1.82) is 0 Å². The van der Waals surface area contributed by atoms with E-state index in [0.29, 0.717) is 0 Å². The van der Waals surface area contributed by atoms with E-state index in [2.05, 4.69) is 66.1 Å². The van der Waals surface area contributed by atoms with Crippen LogP contribution in [-0.4, -0.2) is 43.8 Å². The van der Waals surface area contributed by atoms with Gasteiger partial charge < -0.3 is 4.48 Å². The highest BCUT2D eigenvalue weighted by Crippen LogP contribution is 2.41. The topological polar surface area (TPSA) is 54.4 Å². The maximum atomic E-state index is 9.56. The molecule has 0 aliphatic rings. The smallest absolute Gasteiger partial charge is 0.264 e. The number of hydrogen-bond acceptors (Lipinski definition) is 2. The van der Waals surface area contributed by atoms with E-state index >= 15 is 0 Å². The van der Waals surface area contributed by atoms with E-state index < -0.39 is 10.1 Å². The van der Waals surface area contributed by atoms with Crippen LogP contribution in [0.1, 0.15) is 148 Å². The average molecular weight is 555 g/mol. The Morgan fingerprint density at radius 3 is 1.45 bits per heavy atom. The van der Waals surface area contributed by atoms with Crippen molar-refractivity contribution in [2.24, 2.45) is 0 Å². The number of nitrogens with zero attached hydrogens (tertiary/aromatic N) is 1. The summed E-state index contributed by atoms with van der Waals surface area (Å²) in [7, 11) is 1.31. The lowest BCUT2D eigenvalue weighted by Gasteiger charge is -2.49. The lowest BCUT2D eigenvalue weighted by atomic mass is 9.78. The van der Waals surface area contributed by atoms with Crippen LogP contribution in [0.4, 0.5) is 0 Å². The van der Waals surface area contributed by atoms with Crippen molar-refractivity contribution < 1.29 is 17.5 Å². The van der Waals surface area contributed by atoms with E-state index in [9.17, 15) is 8.42 Å². The molecule has 1 N–H and O–H groups in total. The molecule has 1 aromatic carbocycles. The van der Waals surface area contributed by atoms with E-state index in [1.807, 2.05) is 0 Å². The van der Waals surface area contributed by atoms with Gasteiger partial charge in [0.25, 0.3) is 10.1 Å². The zero-order valence-corrected chi connectivity index (χ0v) is 27.2. The van der Waals surface area contributed by atoms with Crippen LogP contribution in [0, 0.1) is 0 Å². The first-order chi connectivity index (χ1) is 18.0. The van der Waals surface area contributed by atoms with Gasteiger partial charge in [0.05, 0.1) is 26.4 Å². The Bertz CT molecular complexity index is 800. The molecule has 0 aliphatic carbocycles. The lowest BCUT2D eigenvalue weighted by molar-refractivity contribution is -0.951. The SMILES string of the molecule is CCCCCCCCCCCCCCCC[N+](C)(C)C(CC)(CC)c1ccccc1CC.CCS(=O)(=O)O. The Balaban J connectivity index is 0.00000203. The van der Waals surface area contributed by atoms with Gasteiger partial charge in [0.2, 0.25) is 0 Å². The highest BCUT2D eigenvalue weighted by atomic mass is 32.2. The number of quaternary nitrogens is 1. The Morgan fingerprint density at radius 2 is 1.08 bits per heavy atom. The number of hydrogen-bond donors (Lipinski definition) is 1. The molecule has 5 heteroatoms. The van der Waals surface area contributed by atoms with Crippen LogP contribution in [0.2, 0.25) is 0 Å². The first-order valence-electron chi connectivity index (χ1n) is 15.9. The van der Waals surface area contributed by atoms with Gasteiger partial charge in [0.1, 0.15) is 5.54 Å². The molecule has 1 rings (SSSR count). The second-order valence-electron chi connectivity index (χ2n) is 11.6. The molecule has 224 valence electrons. The van der Waals surface area contributed by atoms with Gasteiger partial charge in [0.15, 0.2) is 0 Å². The van der Waals surface area contributed by atoms with Gasteiger partial charge in [0, 0.05) is 18.4 Å². The molecular weight excluding hydrogens is 490 g/mol. The maximum absolute atomic E-state index is 9.56. The molecule has 0 heterocycles. The molecule has 0 atom stereocenters. The molecule has 0 bridgehead atoms. The van der Waals surface area contributed by atoms with Crippen LogP contribution in [0.3, 0.4) is 0 Å².